The summed E-state index contributed by atoms with van der Waals surface area (Å²) in [4.78, 5) is 0. The molecule has 0 amide bonds. The Labute approximate surface area is 106 Å². The van der Waals surface area contributed by atoms with Crippen molar-refractivity contribution in [3.05, 3.63) is 48.3 Å². The van der Waals surface area contributed by atoms with Crippen LogP contribution < -0.4 is 0 Å². The van der Waals surface area contributed by atoms with Crippen molar-refractivity contribution >= 4 is 0 Å². The lowest BCUT2D eigenvalue weighted by Crippen LogP contribution is -2.19. The molecule has 1 aliphatic rings. The molecule has 0 radical (unpaired) electrons. The van der Waals surface area contributed by atoms with E-state index in [1.807, 2.05) is 12.2 Å². The molecular weight excluding hydrogens is 208 g/mol. The molecule has 1 nitrogen and oxygen atoms in total. The van der Waals surface area contributed by atoms with Crippen LogP contribution in [-0.2, 0) is 4.74 Å². The molecule has 0 aliphatic carbocycles. The van der Waals surface area contributed by atoms with Gasteiger partial charge in [-0.3, -0.25) is 0 Å². The van der Waals surface area contributed by atoms with E-state index in [9.17, 15) is 0 Å². The molecule has 0 aromatic carbocycles. The van der Waals surface area contributed by atoms with E-state index in [-0.39, 0.29) is 5.41 Å². The molecule has 0 N–H and O–H groups in total. The van der Waals surface area contributed by atoms with Crippen molar-refractivity contribution in [2.45, 2.75) is 40.0 Å². The van der Waals surface area contributed by atoms with Gasteiger partial charge in [0.15, 0.2) is 0 Å². The zero-order valence-corrected chi connectivity index (χ0v) is 11.4. The van der Waals surface area contributed by atoms with Crippen LogP contribution in [0, 0.1) is 5.41 Å². The Morgan fingerprint density at radius 1 is 1.41 bits per heavy atom. The summed E-state index contributed by atoms with van der Waals surface area (Å²) in [6.45, 7) is 15.2. The molecule has 0 saturated carbocycles. The van der Waals surface area contributed by atoms with Gasteiger partial charge in [0.1, 0.15) is 5.76 Å². The van der Waals surface area contributed by atoms with Gasteiger partial charge in [0, 0.05) is 5.57 Å². The first-order chi connectivity index (χ1) is 8.06. The minimum atomic E-state index is 0.106. The van der Waals surface area contributed by atoms with Crippen LogP contribution in [0.4, 0.5) is 0 Å². The van der Waals surface area contributed by atoms with Gasteiger partial charge in [-0.25, -0.2) is 0 Å². The Kier molecular flexibility index (Phi) is 4.80. The fraction of sp³-hybridized carbons (Fsp3) is 0.500. The quantitative estimate of drug-likeness (QED) is 0.619. The van der Waals surface area contributed by atoms with Crippen molar-refractivity contribution in [1.29, 1.82) is 0 Å². The molecule has 0 unspecified atom stereocenters. The maximum absolute atomic E-state index is 5.88. The first kappa shape index (κ1) is 13.8. The second-order valence-electron chi connectivity index (χ2n) is 5.06. The number of hydrogen-bond acceptors (Lipinski definition) is 1. The van der Waals surface area contributed by atoms with Crippen molar-refractivity contribution < 1.29 is 4.74 Å². The van der Waals surface area contributed by atoms with E-state index in [0.717, 1.165) is 31.6 Å². The molecule has 1 aliphatic heterocycles. The largest absolute Gasteiger partial charge is 0.493 e. The van der Waals surface area contributed by atoms with Gasteiger partial charge in [-0.1, -0.05) is 52.2 Å². The minimum absolute atomic E-state index is 0.106. The first-order valence-corrected chi connectivity index (χ1v) is 6.38. The summed E-state index contributed by atoms with van der Waals surface area (Å²) in [5.41, 5.74) is 2.57. The summed E-state index contributed by atoms with van der Waals surface area (Å²) in [5.74, 6) is 1.03. The predicted octanol–water partition coefficient (Wildman–Crippen LogP) is 4.79. The Hall–Kier alpha value is -1.24. The Bertz CT molecular complexity index is 356. The molecule has 1 heterocycles. The van der Waals surface area contributed by atoms with Gasteiger partial charge in [-0.15, -0.1) is 0 Å². The van der Waals surface area contributed by atoms with Crippen LogP contribution in [0.3, 0.4) is 0 Å². The zero-order chi connectivity index (χ0) is 12.9. The van der Waals surface area contributed by atoms with Crippen LogP contribution in [-0.4, -0.2) is 6.61 Å². The summed E-state index contributed by atoms with van der Waals surface area (Å²) in [6, 6.07) is 0. The third-order valence-corrected chi connectivity index (χ3v) is 3.52. The molecule has 0 fully saturated rings. The van der Waals surface area contributed by atoms with Gasteiger partial charge in [-0.2, -0.15) is 0 Å². The zero-order valence-electron chi connectivity index (χ0n) is 11.4. The highest BCUT2D eigenvalue weighted by atomic mass is 16.5. The monoisotopic (exact) mass is 232 g/mol. The lowest BCUT2D eigenvalue weighted by atomic mass is 9.78. The summed E-state index contributed by atoms with van der Waals surface area (Å²) >= 11 is 0. The minimum Gasteiger partial charge on any atom is -0.493 e. The fourth-order valence-corrected chi connectivity index (χ4v) is 2.01. The maximum Gasteiger partial charge on any atom is 0.126 e. The molecule has 0 atom stereocenters. The van der Waals surface area contributed by atoms with Crippen molar-refractivity contribution in [1.82, 2.24) is 0 Å². The number of allylic oxidation sites excluding steroid dienone is 5. The smallest absolute Gasteiger partial charge is 0.126 e. The Morgan fingerprint density at radius 2 is 2.12 bits per heavy atom. The van der Waals surface area contributed by atoms with Crippen molar-refractivity contribution in [3.63, 3.8) is 0 Å². The molecule has 1 rings (SSSR count). The maximum atomic E-state index is 5.88. The number of rotatable bonds is 5. The van der Waals surface area contributed by atoms with E-state index in [1.54, 1.807) is 0 Å². The van der Waals surface area contributed by atoms with E-state index in [4.69, 9.17) is 4.74 Å². The van der Waals surface area contributed by atoms with E-state index in [1.165, 1.54) is 11.1 Å². The molecule has 0 spiro atoms. The van der Waals surface area contributed by atoms with Gasteiger partial charge in [0.2, 0.25) is 0 Å². The predicted molar refractivity (Wildman–Crippen MR) is 74.8 cm³/mol. The molecule has 0 saturated heterocycles. The molecule has 0 aromatic rings. The fourth-order valence-electron chi connectivity index (χ4n) is 2.01. The van der Waals surface area contributed by atoms with Gasteiger partial charge in [-0.05, 0) is 30.3 Å². The normalized spacial score (nSPS) is 17.7. The summed E-state index contributed by atoms with van der Waals surface area (Å²) < 4.78 is 5.88. The molecule has 0 bridgehead atoms. The molecule has 0 aromatic heterocycles. The highest BCUT2D eigenvalue weighted by Crippen LogP contribution is 2.39. The number of hydrogen-bond donors (Lipinski definition) is 0. The molecular formula is C16H24O. The summed E-state index contributed by atoms with van der Waals surface area (Å²) in [7, 11) is 0. The van der Waals surface area contributed by atoms with E-state index in [0.29, 0.717) is 0 Å². The Balaban J connectivity index is 3.23. The van der Waals surface area contributed by atoms with Crippen LogP contribution in [0.2, 0.25) is 0 Å². The van der Waals surface area contributed by atoms with Crippen LogP contribution in [0.5, 0.6) is 0 Å². The average Bonchev–Trinajstić information content (AvgIpc) is 2.35. The van der Waals surface area contributed by atoms with Crippen molar-refractivity contribution in [2.24, 2.45) is 5.41 Å². The van der Waals surface area contributed by atoms with E-state index in [2.05, 4.69) is 40.0 Å². The second-order valence-corrected chi connectivity index (χ2v) is 5.06. The lowest BCUT2D eigenvalue weighted by molar-refractivity contribution is 0.185. The molecule has 94 valence electrons. The van der Waals surface area contributed by atoms with Crippen LogP contribution >= 0.6 is 0 Å². The van der Waals surface area contributed by atoms with Crippen molar-refractivity contribution in [3.8, 4) is 0 Å². The summed E-state index contributed by atoms with van der Waals surface area (Å²) in [5, 5.41) is 0. The second kappa shape index (κ2) is 5.90. The molecule has 1 heteroatoms. The van der Waals surface area contributed by atoms with Crippen LogP contribution in [0.25, 0.3) is 0 Å². The van der Waals surface area contributed by atoms with E-state index >= 15 is 0 Å². The first-order valence-electron chi connectivity index (χ1n) is 6.38. The van der Waals surface area contributed by atoms with Gasteiger partial charge < -0.3 is 4.74 Å². The standard InChI is InChI=1S/C16H24O/c1-6-10-14(16(4,5)8-3)15-13(7-2)11-9-12-17-15/h6-7,10H,1-2,8-9,11-12H2,3-5H3/b14-10+. The molecule has 17 heavy (non-hydrogen) atoms. The van der Waals surface area contributed by atoms with Crippen molar-refractivity contribution in [2.75, 3.05) is 6.61 Å². The highest BCUT2D eigenvalue weighted by molar-refractivity contribution is 5.41. The average molecular weight is 232 g/mol. The third kappa shape index (κ3) is 3.12. The Morgan fingerprint density at radius 3 is 2.65 bits per heavy atom. The lowest BCUT2D eigenvalue weighted by Gasteiger charge is -2.31. The number of ether oxygens (including phenoxy) is 1. The van der Waals surface area contributed by atoms with Gasteiger partial charge in [0.25, 0.3) is 0 Å². The third-order valence-electron chi connectivity index (χ3n) is 3.52. The highest BCUT2D eigenvalue weighted by Gasteiger charge is 2.27. The SMILES string of the molecule is C=C/C=C(\C1=C(C=C)CCCO1)C(C)(C)CC. The van der Waals surface area contributed by atoms with Gasteiger partial charge >= 0.3 is 0 Å². The van der Waals surface area contributed by atoms with Crippen LogP contribution in [0.15, 0.2) is 48.3 Å². The topological polar surface area (TPSA) is 9.23 Å². The van der Waals surface area contributed by atoms with Gasteiger partial charge in [0.05, 0.1) is 6.61 Å². The van der Waals surface area contributed by atoms with Crippen LogP contribution in [0.1, 0.15) is 40.0 Å². The summed E-state index contributed by atoms with van der Waals surface area (Å²) in [6.07, 6.45) is 9.07. The van der Waals surface area contributed by atoms with E-state index < -0.39 is 0 Å².